The Morgan fingerprint density at radius 2 is 2.35 bits per heavy atom. The highest BCUT2D eigenvalue weighted by Crippen LogP contribution is 2.35. The van der Waals surface area contributed by atoms with Crippen molar-refractivity contribution in [2.45, 2.75) is 45.3 Å². The average molecular weight is 278 g/mol. The minimum atomic E-state index is 0.100. The van der Waals surface area contributed by atoms with E-state index in [1.807, 2.05) is 26.0 Å². The van der Waals surface area contributed by atoms with Crippen molar-refractivity contribution in [3.63, 3.8) is 0 Å². The molecule has 1 fully saturated rings. The van der Waals surface area contributed by atoms with Gasteiger partial charge in [-0.2, -0.15) is 0 Å². The number of pyridine rings is 1. The average Bonchev–Trinajstić information content (AvgIpc) is 3.24. The van der Waals surface area contributed by atoms with Crippen LogP contribution in [0.15, 0.2) is 23.5 Å². The van der Waals surface area contributed by atoms with Crippen LogP contribution in [0.2, 0.25) is 0 Å². The molecule has 1 aliphatic carbocycles. The van der Waals surface area contributed by atoms with Gasteiger partial charge in [-0.3, -0.25) is 0 Å². The molecule has 1 aliphatic rings. The van der Waals surface area contributed by atoms with Crippen LogP contribution in [0, 0.1) is 0 Å². The summed E-state index contributed by atoms with van der Waals surface area (Å²) in [6.45, 7) is 4.66. The van der Waals surface area contributed by atoms with Gasteiger partial charge < -0.3 is 20.6 Å². The molecule has 0 spiro atoms. The maximum Gasteiger partial charge on any atom is 0.171 e. The number of anilines is 1. The Morgan fingerprint density at radius 1 is 1.60 bits per heavy atom. The highest BCUT2D eigenvalue weighted by Gasteiger charge is 2.31. The van der Waals surface area contributed by atoms with Gasteiger partial charge in [0.25, 0.3) is 0 Å². The fourth-order valence-electron chi connectivity index (χ4n) is 2.08. The standard InChI is InChI=1S/C14H22N4O2/c1-10(2)20-12-4-3-8-16-14(12)18(11-5-6-11)9-7-13(15)17-19/h3-4,8,10-11,19H,5-7,9H2,1-2H3,(H2,15,17). The number of nitrogens with two attached hydrogens (primary N) is 1. The Kier molecular flexibility index (Phi) is 4.65. The SMILES string of the molecule is CC(C)Oc1cccnc1N(CC/C(N)=N/O)C1CC1. The highest BCUT2D eigenvalue weighted by atomic mass is 16.5. The van der Waals surface area contributed by atoms with Crippen LogP contribution in [-0.4, -0.2) is 34.7 Å². The van der Waals surface area contributed by atoms with Gasteiger partial charge in [0.05, 0.1) is 6.10 Å². The zero-order valence-corrected chi connectivity index (χ0v) is 12.0. The van der Waals surface area contributed by atoms with Crippen LogP contribution in [0.4, 0.5) is 5.82 Å². The molecule has 0 amide bonds. The maximum atomic E-state index is 8.65. The number of amidine groups is 1. The van der Waals surface area contributed by atoms with E-state index in [1.165, 1.54) is 0 Å². The lowest BCUT2D eigenvalue weighted by molar-refractivity contribution is 0.242. The molecule has 1 heterocycles. The van der Waals surface area contributed by atoms with Crippen LogP contribution < -0.4 is 15.4 Å². The molecule has 2 rings (SSSR count). The molecule has 1 saturated carbocycles. The largest absolute Gasteiger partial charge is 0.487 e. The number of nitrogens with zero attached hydrogens (tertiary/aromatic N) is 3. The molecule has 0 radical (unpaired) electrons. The number of aromatic nitrogens is 1. The van der Waals surface area contributed by atoms with Crippen molar-refractivity contribution in [2.24, 2.45) is 10.9 Å². The van der Waals surface area contributed by atoms with Crippen LogP contribution >= 0.6 is 0 Å². The molecule has 0 aliphatic heterocycles. The molecule has 0 aromatic carbocycles. The van der Waals surface area contributed by atoms with E-state index in [1.54, 1.807) is 6.20 Å². The van der Waals surface area contributed by atoms with Gasteiger partial charge in [-0.15, -0.1) is 0 Å². The molecule has 110 valence electrons. The number of ether oxygens (including phenoxy) is 1. The Labute approximate surface area is 119 Å². The summed E-state index contributed by atoms with van der Waals surface area (Å²) in [4.78, 5) is 6.65. The maximum absolute atomic E-state index is 8.65. The Balaban J connectivity index is 2.16. The van der Waals surface area contributed by atoms with Crippen molar-refractivity contribution < 1.29 is 9.94 Å². The summed E-state index contributed by atoms with van der Waals surface area (Å²) in [7, 11) is 0. The van der Waals surface area contributed by atoms with Gasteiger partial charge in [-0.05, 0) is 38.8 Å². The first kappa shape index (κ1) is 14.4. The third kappa shape index (κ3) is 3.76. The fraction of sp³-hybridized carbons (Fsp3) is 0.571. The summed E-state index contributed by atoms with van der Waals surface area (Å²) in [5, 5.41) is 11.7. The number of hydrogen-bond acceptors (Lipinski definition) is 5. The highest BCUT2D eigenvalue weighted by molar-refractivity contribution is 5.80. The van der Waals surface area contributed by atoms with E-state index < -0.39 is 0 Å². The van der Waals surface area contributed by atoms with Crippen molar-refractivity contribution in [3.05, 3.63) is 18.3 Å². The van der Waals surface area contributed by atoms with Gasteiger partial charge in [0, 0.05) is 25.2 Å². The van der Waals surface area contributed by atoms with Crippen LogP contribution in [-0.2, 0) is 0 Å². The molecule has 3 N–H and O–H groups in total. The van der Waals surface area contributed by atoms with Crippen molar-refractivity contribution in [2.75, 3.05) is 11.4 Å². The second kappa shape index (κ2) is 6.45. The number of oxime groups is 1. The molecule has 6 nitrogen and oxygen atoms in total. The quantitative estimate of drug-likeness (QED) is 0.345. The number of rotatable bonds is 7. The summed E-state index contributed by atoms with van der Waals surface area (Å²) >= 11 is 0. The lowest BCUT2D eigenvalue weighted by Crippen LogP contribution is -2.31. The first-order valence-electron chi connectivity index (χ1n) is 6.96. The van der Waals surface area contributed by atoms with E-state index in [-0.39, 0.29) is 11.9 Å². The molecular weight excluding hydrogens is 256 g/mol. The molecule has 0 saturated heterocycles. The summed E-state index contributed by atoms with van der Waals surface area (Å²) in [6.07, 6.45) is 4.66. The Hall–Kier alpha value is -1.98. The predicted octanol–water partition coefficient (Wildman–Crippen LogP) is 1.97. The van der Waals surface area contributed by atoms with E-state index >= 15 is 0 Å². The van der Waals surface area contributed by atoms with Crippen molar-refractivity contribution in [1.82, 2.24) is 4.98 Å². The molecule has 0 bridgehead atoms. The molecular formula is C14H22N4O2. The van der Waals surface area contributed by atoms with Crippen molar-refractivity contribution in [1.29, 1.82) is 0 Å². The normalized spacial score (nSPS) is 15.4. The molecule has 0 atom stereocenters. The zero-order valence-electron chi connectivity index (χ0n) is 12.0. The topological polar surface area (TPSA) is 84.0 Å². The minimum absolute atomic E-state index is 0.100. The van der Waals surface area contributed by atoms with Gasteiger partial charge in [0.1, 0.15) is 5.84 Å². The Bertz CT molecular complexity index is 472. The second-order valence-corrected chi connectivity index (χ2v) is 5.26. The molecule has 1 aromatic heterocycles. The molecule has 0 unspecified atom stereocenters. The van der Waals surface area contributed by atoms with Gasteiger partial charge in [-0.1, -0.05) is 5.16 Å². The molecule has 1 aromatic rings. The molecule has 20 heavy (non-hydrogen) atoms. The first-order chi connectivity index (χ1) is 9.61. The third-order valence-electron chi connectivity index (χ3n) is 3.11. The summed E-state index contributed by atoms with van der Waals surface area (Å²) in [5.74, 6) is 1.86. The second-order valence-electron chi connectivity index (χ2n) is 5.26. The van der Waals surface area contributed by atoms with E-state index in [0.29, 0.717) is 19.0 Å². The lowest BCUT2D eigenvalue weighted by atomic mass is 10.3. The first-order valence-corrected chi connectivity index (χ1v) is 6.96. The lowest BCUT2D eigenvalue weighted by Gasteiger charge is -2.26. The number of hydrogen-bond donors (Lipinski definition) is 2. The minimum Gasteiger partial charge on any atom is -0.487 e. The van der Waals surface area contributed by atoms with E-state index in [2.05, 4.69) is 15.0 Å². The van der Waals surface area contributed by atoms with Crippen LogP contribution in [0.1, 0.15) is 33.1 Å². The fourth-order valence-corrected chi connectivity index (χ4v) is 2.08. The van der Waals surface area contributed by atoms with Crippen molar-refractivity contribution in [3.8, 4) is 5.75 Å². The summed E-state index contributed by atoms with van der Waals surface area (Å²) in [6, 6.07) is 4.28. The summed E-state index contributed by atoms with van der Waals surface area (Å²) in [5.41, 5.74) is 5.56. The molecule has 6 heteroatoms. The predicted molar refractivity (Wildman–Crippen MR) is 78.4 cm³/mol. The van der Waals surface area contributed by atoms with Crippen LogP contribution in [0.25, 0.3) is 0 Å². The van der Waals surface area contributed by atoms with E-state index in [0.717, 1.165) is 24.4 Å². The zero-order chi connectivity index (χ0) is 14.5. The third-order valence-corrected chi connectivity index (χ3v) is 3.11. The van der Waals surface area contributed by atoms with Crippen LogP contribution in [0.5, 0.6) is 5.75 Å². The van der Waals surface area contributed by atoms with Gasteiger partial charge >= 0.3 is 0 Å². The monoisotopic (exact) mass is 278 g/mol. The van der Waals surface area contributed by atoms with Crippen molar-refractivity contribution >= 4 is 11.7 Å². The van der Waals surface area contributed by atoms with E-state index in [9.17, 15) is 0 Å². The van der Waals surface area contributed by atoms with Gasteiger partial charge in [-0.25, -0.2) is 4.98 Å². The Morgan fingerprint density at radius 3 is 2.95 bits per heavy atom. The summed E-state index contributed by atoms with van der Waals surface area (Å²) < 4.78 is 5.82. The smallest absolute Gasteiger partial charge is 0.171 e. The van der Waals surface area contributed by atoms with Gasteiger partial charge in [0.2, 0.25) is 0 Å². The van der Waals surface area contributed by atoms with E-state index in [4.69, 9.17) is 15.7 Å². The van der Waals surface area contributed by atoms with Gasteiger partial charge in [0.15, 0.2) is 11.6 Å². The van der Waals surface area contributed by atoms with Crippen LogP contribution in [0.3, 0.4) is 0 Å².